The molecule has 1 saturated carbocycles. The molecule has 0 heterocycles. The SMILES string of the molecule is CC[C@@H](CC1(I)CC1)OC(C)(C)C. The van der Waals surface area contributed by atoms with Crippen molar-refractivity contribution in [2.45, 2.75) is 68.5 Å². The number of hydrogen-bond acceptors (Lipinski definition) is 1. The van der Waals surface area contributed by atoms with Crippen molar-refractivity contribution in [3.8, 4) is 0 Å². The summed E-state index contributed by atoms with van der Waals surface area (Å²) in [5, 5.41) is 0. The first-order chi connectivity index (χ1) is 5.85. The van der Waals surface area contributed by atoms with Crippen LogP contribution >= 0.6 is 22.6 Å². The van der Waals surface area contributed by atoms with Gasteiger partial charge in [0.05, 0.1) is 11.7 Å². The third kappa shape index (κ3) is 4.63. The van der Waals surface area contributed by atoms with Gasteiger partial charge in [0.1, 0.15) is 0 Å². The van der Waals surface area contributed by atoms with Crippen molar-refractivity contribution in [3.05, 3.63) is 0 Å². The van der Waals surface area contributed by atoms with Crippen molar-refractivity contribution >= 4 is 22.6 Å². The summed E-state index contributed by atoms with van der Waals surface area (Å²) < 4.78 is 6.59. The van der Waals surface area contributed by atoms with Gasteiger partial charge in [0.2, 0.25) is 0 Å². The normalized spacial score (nSPS) is 22.8. The van der Waals surface area contributed by atoms with Crippen LogP contribution in [0, 0.1) is 0 Å². The molecular formula is C11H21IO. The zero-order chi connectivity index (χ0) is 10.1. The molecule has 0 aromatic heterocycles. The molecule has 13 heavy (non-hydrogen) atoms. The van der Waals surface area contributed by atoms with Gasteiger partial charge >= 0.3 is 0 Å². The zero-order valence-corrected chi connectivity index (χ0v) is 11.3. The Morgan fingerprint density at radius 2 is 1.92 bits per heavy atom. The van der Waals surface area contributed by atoms with E-state index in [4.69, 9.17) is 4.74 Å². The molecule has 1 atom stereocenters. The van der Waals surface area contributed by atoms with Gasteiger partial charge in [-0.15, -0.1) is 0 Å². The average molecular weight is 296 g/mol. The second-order valence-corrected chi connectivity index (χ2v) is 7.40. The average Bonchev–Trinajstić information content (AvgIpc) is 2.64. The van der Waals surface area contributed by atoms with E-state index in [-0.39, 0.29) is 5.60 Å². The molecule has 0 saturated heterocycles. The quantitative estimate of drug-likeness (QED) is 0.564. The van der Waals surface area contributed by atoms with E-state index in [1.54, 1.807) is 0 Å². The summed E-state index contributed by atoms with van der Waals surface area (Å²) in [5.41, 5.74) is 0.0164. The van der Waals surface area contributed by atoms with Gasteiger partial charge in [-0.2, -0.15) is 0 Å². The van der Waals surface area contributed by atoms with Gasteiger partial charge in [0.25, 0.3) is 0 Å². The Balaban J connectivity index is 2.34. The van der Waals surface area contributed by atoms with Crippen molar-refractivity contribution in [1.29, 1.82) is 0 Å². The van der Waals surface area contributed by atoms with Gasteiger partial charge < -0.3 is 4.74 Å². The highest BCUT2D eigenvalue weighted by molar-refractivity contribution is 14.1. The van der Waals surface area contributed by atoms with E-state index in [0.717, 1.165) is 6.42 Å². The molecule has 1 fully saturated rings. The third-order valence-electron chi connectivity index (χ3n) is 2.36. The molecule has 0 aromatic carbocycles. The molecule has 0 radical (unpaired) electrons. The Hall–Kier alpha value is 0.690. The molecule has 0 unspecified atom stereocenters. The largest absolute Gasteiger partial charge is 0.373 e. The first-order valence-electron chi connectivity index (χ1n) is 5.21. The summed E-state index contributed by atoms with van der Waals surface area (Å²) in [6.07, 6.45) is 5.61. The molecule has 0 amide bonds. The van der Waals surface area contributed by atoms with Crippen LogP contribution in [0.1, 0.15) is 53.4 Å². The van der Waals surface area contributed by atoms with Crippen LogP contribution in [0.2, 0.25) is 0 Å². The van der Waals surface area contributed by atoms with Gasteiger partial charge in [-0.25, -0.2) is 0 Å². The molecule has 1 aliphatic carbocycles. The van der Waals surface area contributed by atoms with E-state index in [1.165, 1.54) is 19.3 Å². The number of rotatable bonds is 4. The van der Waals surface area contributed by atoms with Gasteiger partial charge in [-0.1, -0.05) is 29.5 Å². The third-order valence-corrected chi connectivity index (χ3v) is 3.88. The first kappa shape index (κ1) is 11.8. The fraction of sp³-hybridized carbons (Fsp3) is 1.00. The Morgan fingerprint density at radius 1 is 1.38 bits per heavy atom. The summed E-state index contributed by atoms with van der Waals surface area (Å²) >= 11 is 2.60. The Kier molecular flexibility index (Phi) is 3.67. The highest BCUT2D eigenvalue weighted by atomic mass is 127. The second kappa shape index (κ2) is 4.05. The topological polar surface area (TPSA) is 9.23 Å². The maximum atomic E-state index is 6.00. The minimum absolute atomic E-state index is 0.0164. The van der Waals surface area contributed by atoms with Crippen LogP contribution in [0.15, 0.2) is 0 Å². The van der Waals surface area contributed by atoms with Crippen LogP contribution in [-0.2, 0) is 4.74 Å². The van der Waals surface area contributed by atoms with E-state index in [9.17, 15) is 0 Å². The lowest BCUT2D eigenvalue weighted by molar-refractivity contribution is -0.0643. The fourth-order valence-electron chi connectivity index (χ4n) is 1.52. The summed E-state index contributed by atoms with van der Waals surface area (Å²) in [7, 11) is 0. The van der Waals surface area contributed by atoms with Crippen LogP contribution in [-0.4, -0.2) is 15.1 Å². The molecule has 1 aliphatic rings. The number of alkyl halides is 1. The minimum atomic E-state index is 0.0164. The number of halogens is 1. The Bertz CT molecular complexity index is 160. The Labute approximate surface area is 95.8 Å². The van der Waals surface area contributed by atoms with E-state index in [1.807, 2.05) is 0 Å². The summed E-state index contributed by atoms with van der Waals surface area (Å²) in [4.78, 5) is 0. The lowest BCUT2D eigenvalue weighted by Crippen LogP contribution is -2.29. The molecule has 0 N–H and O–H groups in total. The standard InChI is InChI=1S/C11H21IO/c1-5-9(13-10(2,3)4)8-11(12)6-7-11/h9H,5-8H2,1-4H3/t9-/m0/s1. The lowest BCUT2D eigenvalue weighted by atomic mass is 10.1. The first-order valence-corrected chi connectivity index (χ1v) is 6.29. The number of hydrogen-bond donors (Lipinski definition) is 0. The van der Waals surface area contributed by atoms with Crippen LogP contribution in [0.5, 0.6) is 0 Å². The lowest BCUT2D eigenvalue weighted by Gasteiger charge is -2.28. The van der Waals surface area contributed by atoms with Gasteiger partial charge in [0, 0.05) is 3.42 Å². The Morgan fingerprint density at radius 3 is 2.23 bits per heavy atom. The predicted octanol–water partition coefficient (Wildman–Crippen LogP) is 3.94. The molecule has 0 aliphatic heterocycles. The van der Waals surface area contributed by atoms with Crippen LogP contribution in [0.3, 0.4) is 0 Å². The monoisotopic (exact) mass is 296 g/mol. The van der Waals surface area contributed by atoms with E-state index < -0.39 is 0 Å². The maximum Gasteiger partial charge on any atom is 0.0602 e. The van der Waals surface area contributed by atoms with Crippen molar-refractivity contribution < 1.29 is 4.74 Å². The maximum absolute atomic E-state index is 6.00. The predicted molar refractivity (Wildman–Crippen MR) is 65.5 cm³/mol. The van der Waals surface area contributed by atoms with Gasteiger partial charge in [-0.05, 0) is 46.5 Å². The van der Waals surface area contributed by atoms with Gasteiger partial charge in [0.15, 0.2) is 0 Å². The second-order valence-electron chi connectivity index (χ2n) is 5.12. The molecule has 1 rings (SSSR count). The molecular weight excluding hydrogens is 275 g/mol. The van der Waals surface area contributed by atoms with E-state index >= 15 is 0 Å². The zero-order valence-electron chi connectivity index (χ0n) is 9.19. The van der Waals surface area contributed by atoms with Crippen LogP contribution in [0.4, 0.5) is 0 Å². The summed E-state index contributed by atoms with van der Waals surface area (Å²) in [6, 6.07) is 0. The highest BCUT2D eigenvalue weighted by Gasteiger charge is 2.41. The molecule has 2 heteroatoms. The van der Waals surface area contributed by atoms with Gasteiger partial charge in [-0.3, -0.25) is 0 Å². The molecule has 78 valence electrons. The summed E-state index contributed by atoms with van der Waals surface area (Å²) in [5.74, 6) is 0. The van der Waals surface area contributed by atoms with Crippen LogP contribution < -0.4 is 0 Å². The van der Waals surface area contributed by atoms with Crippen molar-refractivity contribution in [2.24, 2.45) is 0 Å². The smallest absolute Gasteiger partial charge is 0.0602 e. The minimum Gasteiger partial charge on any atom is -0.373 e. The molecule has 0 aromatic rings. The van der Waals surface area contributed by atoms with E-state index in [0.29, 0.717) is 9.53 Å². The summed E-state index contributed by atoms with van der Waals surface area (Å²) in [6.45, 7) is 8.64. The van der Waals surface area contributed by atoms with Crippen LogP contribution in [0.25, 0.3) is 0 Å². The van der Waals surface area contributed by atoms with Crippen molar-refractivity contribution in [3.63, 3.8) is 0 Å². The van der Waals surface area contributed by atoms with Crippen molar-refractivity contribution in [2.75, 3.05) is 0 Å². The van der Waals surface area contributed by atoms with Crippen molar-refractivity contribution in [1.82, 2.24) is 0 Å². The highest BCUT2D eigenvalue weighted by Crippen LogP contribution is 2.49. The molecule has 0 bridgehead atoms. The van der Waals surface area contributed by atoms with E-state index in [2.05, 4.69) is 50.3 Å². The molecule has 0 spiro atoms. The fourth-order valence-corrected chi connectivity index (χ4v) is 2.28. The molecule has 1 nitrogen and oxygen atoms in total. The number of ether oxygens (including phenoxy) is 1.